The van der Waals surface area contributed by atoms with Gasteiger partial charge in [-0.2, -0.15) is 0 Å². The highest BCUT2D eigenvalue weighted by Gasteiger charge is 2.25. The lowest BCUT2D eigenvalue weighted by Gasteiger charge is -2.20. The highest BCUT2D eigenvalue weighted by atomic mass is 16.6. The largest absolute Gasteiger partial charge is 0.444 e. The number of ether oxygens (including phenoxy) is 2. The van der Waals surface area contributed by atoms with Crippen molar-refractivity contribution >= 4 is 6.09 Å². The van der Waals surface area contributed by atoms with Gasteiger partial charge in [-0.3, -0.25) is 0 Å². The number of carbonyl (C=O) groups excluding carboxylic acids is 1. The number of rotatable bonds is 5. The first-order valence-electron chi connectivity index (χ1n) is 6.72. The number of nitrogens with one attached hydrogen (secondary N) is 2. The normalized spacial score (nSPS) is 24.0. The summed E-state index contributed by atoms with van der Waals surface area (Å²) in [5.74, 6) is 0. The average Bonchev–Trinajstić information content (AvgIpc) is 2.69. The second-order valence-corrected chi connectivity index (χ2v) is 5.72. The van der Waals surface area contributed by atoms with Crippen molar-refractivity contribution in [2.75, 3.05) is 19.7 Å². The summed E-state index contributed by atoms with van der Waals surface area (Å²) in [7, 11) is 0. The summed E-state index contributed by atoms with van der Waals surface area (Å²) in [6, 6.07) is 0.277. The monoisotopic (exact) mass is 258 g/mol. The highest BCUT2D eigenvalue weighted by Crippen LogP contribution is 2.11. The maximum atomic E-state index is 11.5. The Hall–Kier alpha value is -0.810. The summed E-state index contributed by atoms with van der Waals surface area (Å²) < 4.78 is 10.8. The van der Waals surface area contributed by atoms with Gasteiger partial charge in [0.2, 0.25) is 0 Å². The van der Waals surface area contributed by atoms with Crippen molar-refractivity contribution in [3.63, 3.8) is 0 Å². The molecule has 0 aromatic carbocycles. The number of amides is 1. The Morgan fingerprint density at radius 2 is 2.17 bits per heavy atom. The number of alkyl carbamates (subject to hydrolysis) is 1. The lowest BCUT2D eigenvalue weighted by Crippen LogP contribution is -2.39. The fourth-order valence-corrected chi connectivity index (χ4v) is 1.87. The summed E-state index contributed by atoms with van der Waals surface area (Å²) in [5.41, 5.74) is -0.444. The standard InChI is InChI=1S/C13H26N2O3/c1-5-6-17-11-7-10(14-9-11)8-15-12(16)18-13(2,3)4/h10-11,14H,5-9H2,1-4H3,(H,15,16)/t10-,11+/m0/s1. The van der Waals surface area contributed by atoms with Gasteiger partial charge in [0.15, 0.2) is 0 Å². The van der Waals surface area contributed by atoms with Crippen LogP contribution in [0, 0.1) is 0 Å². The second kappa shape index (κ2) is 6.95. The predicted molar refractivity (Wildman–Crippen MR) is 70.7 cm³/mol. The summed E-state index contributed by atoms with van der Waals surface area (Å²) in [6.07, 6.45) is 1.89. The van der Waals surface area contributed by atoms with E-state index in [9.17, 15) is 4.79 Å². The topological polar surface area (TPSA) is 59.6 Å². The third-order valence-electron chi connectivity index (χ3n) is 2.63. The molecule has 2 N–H and O–H groups in total. The summed E-state index contributed by atoms with van der Waals surface area (Å²) in [5, 5.41) is 6.12. The van der Waals surface area contributed by atoms with Gasteiger partial charge in [0.05, 0.1) is 6.10 Å². The Bertz CT molecular complexity index is 263. The minimum atomic E-state index is -0.444. The summed E-state index contributed by atoms with van der Waals surface area (Å²) in [4.78, 5) is 11.5. The molecule has 1 heterocycles. The molecule has 1 amide bonds. The first-order valence-corrected chi connectivity index (χ1v) is 6.72. The molecule has 0 aromatic rings. The van der Waals surface area contributed by atoms with E-state index in [1.165, 1.54) is 0 Å². The van der Waals surface area contributed by atoms with Gasteiger partial charge < -0.3 is 20.1 Å². The Kier molecular flexibility index (Phi) is 5.88. The summed E-state index contributed by atoms with van der Waals surface area (Å²) in [6.45, 7) is 9.92. The van der Waals surface area contributed by atoms with E-state index in [0.717, 1.165) is 26.0 Å². The maximum Gasteiger partial charge on any atom is 0.407 e. The van der Waals surface area contributed by atoms with E-state index in [0.29, 0.717) is 6.54 Å². The number of hydrogen-bond donors (Lipinski definition) is 2. The van der Waals surface area contributed by atoms with Crippen molar-refractivity contribution in [3.05, 3.63) is 0 Å². The molecule has 0 spiro atoms. The Morgan fingerprint density at radius 3 is 2.78 bits per heavy atom. The fraction of sp³-hybridized carbons (Fsp3) is 0.923. The van der Waals surface area contributed by atoms with Crippen LogP contribution >= 0.6 is 0 Å². The van der Waals surface area contributed by atoms with Gasteiger partial charge in [0.25, 0.3) is 0 Å². The Labute approximate surface area is 110 Å². The van der Waals surface area contributed by atoms with Crippen LogP contribution < -0.4 is 10.6 Å². The quantitative estimate of drug-likeness (QED) is 0.787. The lowest BCUT2D eigenvalue weighted by molar-refractivity contribution is 0.0515. The van der Waals surface area contributed by atoms with E-state index in [-0.39, 0.29) is 18.2 Å². The number of carbonyl (C=O) groups is 1. The van der Waals surface area contributed by atoms with Crippen LogP contribution in [0.2, 0.25) is 0 Å². The van der Waals surface area contributed by atoms with E-state index in [1.54, 1.807) is 0 Å². The lowest BCUT2D eigenvalue weighted by atomic mass is 10.2. The van der Waals surface area contributed by atoms with Gasteiger partial charge >= 0.3 is 6.09 Å². The van der Waals surface area contributed by atoms with E-state index in [2.05, 4.69) is 17.6 Å². The molecular weight excluding hydrogens is 232 g/mol. The van der Waals surface area contributed by atoms with Gasteiger partial charge in [-0.15, -0.1) is 0 Å². The minimum absolute atomic E-state index is 0.274. The zero-order chi connectivity index (χ0) is 13.6. The molecule has 1 saturated heterocycles. The van der Waals surface area contributed by atoms with Crippen molar-refractivity contribution in [2.24, 2.45) is 0 Å². The fourth-order valence-electron chi connectivity index (χ4n) is 1.87. The Balaban J connectivity index is 2.15. The third-order valence-corrected chi connectivity index (χ3v) is 2.63. The second-order valence-electron chi connectivity index (χ2n) is 5.72. The zero-order valence-corrected chi connectivity index (χ0v) is 11.9. The molecule has 0 radical (unpaired) electrons. The van der Waals surface area contributed by atoms with Crippen molar-refractivity contribution in [3.8, 4) is 0 Å². The van der Waals surface area contributed by atoms with Crippen LogP contribution in [0.4, 0.5) is 4.79 Å². The summed E-state index contributed by atoms with van der Waals surface area (Å²) >= 11 is 0. The smallest absolute Gasteiger partial charge is 0.407 e. The first-order chi connectivity index (χ1) is 8.40. The Morgan fingerprint density at radius 1 is 1.44 bits per heavy atom. The molecule has 5 heteroatoms. The van der Waals surface area contributed by atoms with Gasteiger partial charge in [0.1, 0.15) is 5.60 Å². The van der Waals surface area contributed by atoms with E-state index in [4.69, 9.17) is 9.47 Å². The molecule has 1 fully saturated rings. The van der Waals surface area contributed by atoms with Crippen LogP contribution in [0.5, 0.6) is 0 Å². The first kappa shape index (κ1) is 15.2. The van der Waals surface area contributed by atoms with Crippen LogP contribution in [0.25, 0.3) is 0 Å². The average molecular weight is 258 g/mol. The molecule has 106 valence electrons. The molecule has 1 rings (SSSR count). The molecule has 0 unspecified atom stereocenters. The van der Waals surface area contributed by atoms with Crippen molar-refractivity contribution < 1.29 is 14.3 Å². The molecular formula is C13H26N2O3. The van der Waals surface area contributed by atoms with Crippen molar-refractivity contribution in [1.29, 1.82) is 0 Å². The van der Waals surface area contributed by atoms with Crippen LogP contribution in [0.3, 0.4) is 0 Å². The molecule has 0 bridgehead atoms. The van der Waals surface area contributed by atoms with Gasteiger partial charge in [-0.05, 0) is 33.6 Å². The SMILES string of the molecule is CCCO[C@H]1CN[C@H](CNC(=O)OC(C)(C)C)C1. The van der Waals surface area contributed by atoms with Gasteiger partial charge in [-0.1, -0.05) is 6.92 Å². The molecule has 0 saturated carbocycles. The molecule has 0 aliphatic carbocycles. The zero-order valence-electron chi connectivity index (χ0n) is 11.9. The molecule has 1 aliphatic heterocycles. The van der Waals surface area contributed by atoms with Crippen LogP contribution in [-0.4, -0.2) is 43.5 Å². The van der Waals surface area contributed by atoms with Crippen LogP contribution in [0.1, 0.15) is 40.5 Å². The van der Waals surface area contributed by atoms with Crippen LogP contribution in [0.15, 0.2) is 0 Å². The number of hydrogen-bond acceptors (Lipinski definition) is 4. The van der Waals surface area contributed by atoms with E-state index in [1.807, 2.05) is 20.8 Å². The third kappa shape index (κ3) is 6.21. The van der Waals surface area contributed by atoms with E-state index < -0.39 is 5.60 Å². The van der Waals surface area contributed by atoms with Crippen molar-refractivity contribution in [1.82, 2.24) is 10.6 Å². The maximum absolute atomic E-state index is 11.5. The van der Waals surface area contributed by atoms with Gasteiger partial charge in [0, 0.05) is 25.7 Å². The van der Waals surface area contributed by atoms with Gasteiger partial charge in [-0.25, -0.2) is 4.79 Å². The predicted octanol–water partition coefficient (Wildman–Crippen LogP) is 1.67. The molecule has 1 aliphatic rings. The molecule has 2 atom stereocenters. The minimum Gasteiger partial charge on any atom is -0.444 e. The molecule has 0 aromatic heterocycles. The molecule has 18 heavy (non-hydrogen) atoms. The van der Waals surface area contributed by atoms with E-state index >= 15 is 0 Å². The van der Waals surface area contributed by atoms with Crippen LogP contribution in [-0.2, 0) is 9.47 Å². The highest BCUT2D eigenvalue weighted by molar-refractivity contribution is 5.67. The van der Waals surface area contributed by atoms with Crippen molar-refractivity contribution in [2.45, 2.75) is 58.3 Å². The molecule has 5 nitrogen and oxygen atoms in total.